The van der Waals surface area contributed by atoms with Crippen LogP contribution >= 0.6 is 0 Å². The van der Waals surface area contributed by atoms with E-state index in [0.717, 1.165) is 29.7 Å². The lowest BCUT2D eigenvalue weighted by molar-refractivity contribution is -0.120. The molecule has 0 heterocycles. The minimum absolute atomic E-state index is 0.244. The Labute approximate surface area is 89.2 Å². The predicted octanol–water partition coefficient (Wildman–Crippen LogP) is 1.52. The van der Waals surface area contributed by atoms with Gasteiger partial charge in [0.05, 0.1) is 12.5 Å². The van der Waals surface area contributed by atoms with Crippen molar-refractivity contribution in [3.8, 4) is 5.75 Å². The monoisotopic (exact) mass is 205 g/mol. The summed E-state index contributed by atoms with van der Waals surface area (Å²) in [4.78, 5) is 11.4. The fourth-order valence-corrected chi connectivity index (χ4v) is 1.97. The average Bonchev–Trinajstić information content (AvgIpc) is 2.98. The Balaban J connectivity index is 2.51. The van der Waals surface area contributed by atoms with E-state index in [9.17, 15) is 4.79 Å². The second-order valence-corrected chi connectivity index (χ2v) is 4.15. The summed E-state index contributed by atoms with van der Waals surface area (Å²) in [5.74, 6) is 0.517. The molecule has 0 spiro atoms. The smallest absolute Gasteiger partial charge is 0.228 e. The molecule has 0 atom stereocenters. The highest BCUT2D eigenvalue weighted by Crippen LogP contribution is 2.51. The lowest BCUT2D eigenvalue weighted by Gasteiger charge is -2.16. The zero-order chi connectivity index (χ0) is 11.1. The number of primary amides is 1. The third kappa shape index (κ3) is 1.48. The number of aryl methyl sites for hydroxylation is 1. The van der Waals surface area contributed by atoms with Crippen molar-refractivity contribution in [2.75, 3.05) is 7.11 Å². The number of amides is 1. The van der Waals surface area contributed by atoms with Gasteiger partial charge in [-0.05, 0) is 25.8 Å². The van der Waals surface area contributed by atoms with Crippen molar-refractivity contribution in [3.05, 3.63) is 29.3 Å². The van der Waals surface area contributed by atoms with Crippen LogP contribution in [0.3, 0.4) is 0 Å². The van der Waals surface area contributed by atoms with Gasteiger partial charge in [0.25, 0.3) is 0 Å². The number of carbonyl (C=O) groups is 1. The van der Waals surface area contributed by atoms with Crippen LogP contribution in [-0.4, -0.2) is 13.0 Å². The normalized spacial score (nSPS) is 17.2. The van der Waals surface area contributed by atoms with Gasteiger partial charge in [-0.25, -0.2) is 0 Å². The highest BCUT2D eigenvalue weighted by Gasteiger charge is 2.51. The predicted molar refractivity (Wildman–Crippen MR) is 57.8 cm³/mol. The van der Waals surface area contributed by atoms with Crippen LogP contribution in [-0.2, 0) is 10.2 Å². The number of ether oxygens (including phenoxy) is 1. The first kappa shape index (κ1) is 10.0. The molecular weight excluding hydrogens is 190 g/mol. The summed E-state index contributed by atoms with van der Waals surface area (Å²) in [6, 6.07) is 5.86. The van der Waals surface area contributed by atoms with E-state index in [-0.39, 0.29) is 5.91 Å². The first-order valence-corrected chi connectivity index (χ1v) is 5.05. The first-order chi connectivity index (χ1) is 7.10. The number of hydrogen-bond acceptors (Lipinski definition) is 2. The van der Waals surface area contributed by atoms with Crippen LogP contribution in [0.25, 0.3) is 0 Å². The van der Waals surface area contributed by atoms with E-state index >= 15 is 0 Å². The maximum atomic E-state index is 11.4. The van der Waals surface area contributed by atoms with Gasteiger partial charge in [0.2, 0.25) is 5.91 Å². The molecule has 1 aromatic rings. The van der Waals surface area contributed by atoms with Crippen molar-refractivity contribution in [1.29, 1.82) is 0 Å². The molecule has 0 aromatic heterocycles. The van der Waals surface area contributed by atoms with E-state index < -0.39 is 5.41 Å². The van der Waals surface area contributed by atoms with Crippen LogP contribution in [0, 0.1) is 6.92 Å². The van der Waals surface area contributed by atoms with Gasteiger partial charge in [0.15, 0.2) is 0 Å². The lowest BCUT2D eigenvalue weighted by atomic mass is 9.93. The van der Waals surface area contributed by atoms with Crippen LogP contribution in [0.15, 0.2) is 18.2 Å². The van der Waals surface area contributed by atoms with Crippen molar-refractivity contribution in [2.24, 2.45) is 5.73 Å². The van der Waals surface area contributed by atoms with Gasteiger partial charge >= 0.3 is 0 Å². The Morgan fingerprint density at radius 2 is 2.13 bits per heavy atom. The van der Waals surface area contributed by atoms with Gasteiger partial charge in [-0.3, -0.25) is 4.79 Å². The third-order valence-electron chi connectivity index (χ3n) is 3.09. The minimum atomic E-state index is -0.461. The molecule has 0 unspecified atom stereocenters. The molecule has 0 radical (unpaired) electrons. The van der Waals surface area contributed by atoms with Crippen LogP contribution in [0.2, 0.25) is 0 Å². The SMILES string of the molecule is COc1ccc(C)cc1C1(C(N)=O)CC1. The Morgan fingerprint density at radius 1 is 1.47 bits per heavy atom. The van der Waals surface area contributed by atoms with Crippen LogP contribution in [0.4, 0.5) is 0 Å². The van der Waals surface area contributed by atoms with Gasteiger partial charge in [-0.2, -0.15) is 0 Å². The van der Waals surface area contributed by atoms with Crippen molar-refractivity contribution in [2.45, 2.75) is 25.2 Å². The second-order valence-electron chi connectivity index (χ2n) is 4.15. The standard InChI is InChI=1S/C12H15NO2/c1-8-3-4-10(15-2)9(7-8)12(5-6-12)11(13)14/h3-4,7H,5-6H2,1-2H3,(H2,13,14). The maximum absolute atomic E-state index is 11.4. The number of benzene rings is 1. The maximum Gasteiger partial charge on any atom is 0.228 e. The molecular formula is C12H15NO2. The summed E-state index contributed by atoms with van der Waals surface area (Å²) in [7, 11) is 1.62. The van der Waals surface area contributed by atoms with Crippen LogP contribution in [0.1, 0.15) is 24.0 Å². The Hall–Kier alpha value is -1.51. The molecule has 1 aromatic carbocycles. The zero-order valence-corrected chi connectivity index (χ0v) is 9.04. The van der Waals surface area contributed by atoms with Gasteiger partial charge in [-0.15, -0.1) is 0 Å². The minimum Gasteiger partial charge on any atom is -0.496 e. The van der Waals surface area contributed by atoms with Gasteiger partial charge in [0.1, 0.15) is 5.75 Å². The summed E-state index contributed by atoms with van der Waals surface area (Å²) in [6.45, 7) is 2.00. The molecule has 0 bridgehead atoms. The summed E-state index contributed by atoms with van der Waals surface area (Å²) in [6.07, 6.45) is 1.67. The largest absolute Gasteiger partial charge is 0.496 e. The molecule has 80 valence electrons. The Bertz CT molecular complexity index is 408. The third-order valence-corrected chi connectivity index (χ3v) is 3.09. The Kier molecular flexibility index (Phi) is 2.18. The number of carbonyl (C=O) groups excluding carboxylic acids is 1. The number of nitrogens with two attached hydrogens (primary N) is 1. The Morgan fingerprint density at radius 3 is 2.60 bits per heavy atom. The fourth-order valence-electron chi connectivity index (χ4n) is 1.97. The van der Waals surface area contributed by atoms with Gasteiger partial charge < -0.3 is 10.5 Å². The van der Waals surface area contributed by atoms with E-state index in [0.29, 0.717) is 0 Å². The van der Waals surface area contributed by atoms with E-state index in [1.807, 2.05) is 25.1 Å². The molecule has 3 nitrogen and oxygen atoms in total. The van der Waals surface area contributed by atoms with Crippen LogP contribution < -0.4 is 10.5 Å². The summed E-state index contributed by atoms with van der Waals surface area (Å²) < 4.78 is 5.27. The molecule has 1 amide bonds. The van der Waals surface area contributed by atoms with Crippen molar-refractivity contribution >= 4 is 5.91 Å². The van der Waals surface area contributed by atoms with Crippen molar-refractivity contribution < 1.29 is 9.53 Å². The van der Waals surface area contributed by atoms with E-state index in [4.69, 9.17) is 10.5 Å². The molecule has 0 saturated heterocycles. The summed E-state index contributed by atoms with van der Waals surface area (Å²) in [5.41, 5.74) is 7.05. The molecule has 1 fully saturated rings. The average molecular weight is 205 g/mol. The van der Waals surface area contributed by atoms with E-state index in [1.54, 1.807) is 7.11 Å². The second kappa shape index (κ2) is 3.26. The first-order valence-electron chi connectivity index (χ1n) is 5.05. The highest BCUT2D eigenvalue weighted by atomic mass is 16.5. The molecule has 2 N–H and O–H groups in total. The molecule has 1 aliphatic carbocycles. The summed E-state index contributed by atoms with van der Waals surface area (Å²) >= 11 is 0. The van der Waals surface area contributed by atoms with Crippen molar-refractivity contribution in [1.82, 2.24) is 0 Å². The van der Waals surface area contributed by atoms with Crippen LogP contribution in [0.5, 0.6) is 5.75 Å². The van der Waals surface area contributed by atoms with E-state index in [1.165, 1.54) is 0 Å². The number of hydrogen-bond donors (Lipinski definition) is 1. The number of methoxy groups -OCH3 is 1. The summed E-state index contributed by atoms with van der Waals surface area (Å²) in [5, 5.41) is 0. The molecule has 15 heavy (non-hydrogen) atoms. The van der Waals surface area contributed by atoms with Gasteiger partial charge in [-0.1, -0.05) is 17.7 Å². The molecule has 1 saturated carbocycles. The molecule has 2 rings (SSSR count). The molecule has 1 aliphatic rings. The number of rotatable bonds is 3. The van der Waals surface area contributed by atoms with E-state index in [2.05, 4.69) is 0 Å². The zero-order valence-electron chi connectivity index (χ0n) is 9.04. The molecule has 0 aliphatic heterocycles. The lowest BCUT2D eigenvalue weighted by Crippen LogP contribution is -2.28. The van der Waals surface area contributed by atoms with Gasteiger partial charge in [0, 0.05) is 5.56 Å². The van der Waals surface area contributed by atoms with Crippen molar-refractivity contribution in [3.63, 3.8) is 0 Å². The quantitative estimate of drug-likeness (QED) is 0.813. The topological polar surface area (TPSA) is 52.3 Å². The highest BCUT2D eigenvalue weighted by molar-refractivity contribution is 5.90. The molecule has 3 heteroatoms. The fraction of sp³-hybridized carbons (Fsp3) is 0.417.